The lowest BCUT2D eigenvalue weighted by molar-refractivity contribution is 0.0952. The average molecular weight is 369 g/mol. The molecule has 2 aromatic rings. The Morgan fingerprint density at radius 3 is 2.59 bits per heavy atom. The van der Waals surface area contributed by atoms with Crippen LogP contribution in [0.1, 0.15) is 39.4 Å². The van der Waals surface area contributed by atoms with Crippen LogP contribution in [0.5, 0.6) is 0 Å². The molecular formula is C20H27N5O2. The molecule has 1 aliphatic heterocycles. The molecule has 0 bridgehead atoms. The first-order valence-corrected chi connectivity index (χ1v) is 9.26. The number of rotatable bonds is 6. The highest BCUT2D eigenvalue weighted by Crippen LogP contribution is 2.24. The van der Waals surface area contributed by atoms with Gasteiger partial charge >= 0.3 is 0 Å². The number of aliphatic hydroxyl groups is 1. The number of hydrogen-bond donors (Lipinski definition) is 3. The fourth-order valence-electron chi connectivity index (χ4n) is 3.28. The highest BCUT2D eigenvalue weighted by molar-refractivity contribution is 5.90. The van der Waals surface area contributed by atoms with Gasteiger partial charge in [-0.05, 0) is 31.4 Å². The largest absolute Gasteiger partial charge is 0.392 e. The Labute approximate surface area is 159 Å². The van der Waals surface area contributed by atoms with E-state index in [1.807, 2.05) is 38.1 Å². The molecule has 1 atom stereocenters. The minimum atomic E-state index is -0.264. The lowest BCUT2D eigenvalue weighted by atomic mass is 10.1. The van der Waals surface area contributed by atoms with E-state index in [1.54, 1.807) is 7.05 Å². The SMILES string of the molecule is CNC(=O)c1nc(C)c(C)c(N2CC[C@@H](NCc3ccc(CO)cc3)C2)n1. The maximum absolute atomic E-state index is 11.9. The van der Waals surface area contributed by atoms with E-state index in [0.29, 0.717) is 6.04 Å². The summed E-state index contributed by atoms with van der Waals surface area (Å²) < 4.78 is 0. The summed E-state index contributed by atoms with van der Waals surface area (Å²) in [5, 5.41) is 15.3. The number of nitrogens with zero attached hydrogens (tertiary/aromatic N) is 3. The topological polar surface area (TPSA) is 90.4 Å². The van der Waals surface area contributed by atoms with Crippen molar-refractivity contribution in [2.45, 2.75) is 39.5 Å². The van der Waals surface area contributed by atoms with E-state index < -0.39 is 0 Å². The number of amides is 1. The van der Waals surface area contributed by atoms with Crippen LogP contribution < -0.4 is 15.5 Å². The molecular weight excluding hydrogens is 342 g/mol. The average Bonchev–Trinajstić information content (AvgIpc) is 3.16. The maximum atomic E-state index is 11.9. The Hall–Kier alpha value is -2.51. The summed E-state index contributed by atoms with van der Waals surface area (Å²) in [4.78, 5) is 23.0. The molecule has 7 nitrogen and oxygen atoms in total. The molecule has 7 heteroatoms. The van der Waals surface area contributed by atoms with Crippen molar-refractivity contribution in [2.75, 3.05) is 25.0 Å². The first-order valence-electron chi connectivity index (χ1n) is 9.26. The van der Waals surface area contributed by atoms with E-state index in [0.717, 1.165) is 48.7 Å². The van der Waals surface area contributed by atoms with E-state index in [-0.39, 0.29) is 18.3 Å². The summed E-state index contributed by atoms with van der Waals surface area (Å²) in [6.45, 7) is 6.51. The Bertz CT molecular complexity index is 807. The molecule has 1 aromatic heterocycles. The van der Waals surface area contributed by atoms with Gasteiger partial charge in [0.2, 0.25) is 5.82 Å². The number of carbonyl (C=O) groups is 1. The predicted octanol–water partition coefficient (Wildman–Crippen LogP) is 1.31. The number of benzene rings is 1. The molecule has 1 aromatic carbocycles. The Kier molecular flexibility index (Phi) is 6.03. The van der Waals surface area contributed by atoms with Crippen molar-refractivity contribution in [1.29, 1.82) is 0 Å². The van der Waals surface area contributed by atoms with Gasteiger partial charge in [0.05, 0.1) is 6.61 Å². The molecule has 144 valence electrons. The molecule has 1 saturated heterocycles. The van der Waals surface area contributed by atoms with E-state index in [1.165, 1.54) is 5.56 Å². The Balaban J connectivity index is 1.65. The first-order chi connectivity index (χ1) is 13.0. The molecule has 2 heterocycles. The second kappa shape index (κ2) is 8.45. The van der Waals surface area contributed by atoms with Crippen LogP contribution >= 0.6 is 0 Å². The summed E-state index contributed by atoms with van der Waals surface area (Å²) in [5.74, 6) is 0.799. The van der Waals surface area contributed by atoms with E-state index in [9.17, 15) is 4.79 Å². The maximum Gasteiger partial charge on any atom is 0.288 e. The third-order valence-corrected chi connectivity index (χ3v) is 5.08. The molecule has 0 spiro atoms. The van der Waals surface area contributed by atoms with Gasteiger partial charge in [-0.2, -0.15) is 0 Å². The molecule has 27 heavy (non-hydrogen) atoms. The zero-order valence-electron chi connectivity index (χ0n) is 16.1. The summed E-state index contributed by atoms with van der Waals surface area (Å²) in [5.41, 5.74) is 3.97. The smallest absolute Gasteiger partial charge is 0.288 e. The van der Waals surface area contributed by atoms with Gasteiger partial charge in [-0.1, -0.05) is 24.3 Å². The van der Waals surface area contributed by atoms with Gasteiger partial charge < -0.3 is 20.6 Å². The highest BCUT2D eigenvalue weighted by Gasteiger charge is 2.26. The van der Waals surface area contributed by atoms with Gasteiger partial charge in [0, 0.05) is 44.0 Å². The third kappa shape index (κ3) is 4.43. The normalized spacial score (nSPS) is 16.6. The van der Waals surface area contributed by atoms with E-state index in [2.05, 4.69) is 25.5 Å². The molecule has 0 aliphatic carbocycles. The van der Waals surface area contributed by atoms with Crippen LogP contribution in [0.4, 0.5) is 5.82 Å². The minimum Gasteiger partial charge on any atom is -0.392 e. The number of aromatic nitrogens is 2. The number of carbonyl (C=O) groups excluding carboxylic acids is 1. The van der Waals surface area contributed by atoms with E-state index in [4.69, 9.17) is 5.11 Å². The predicted molar refractivity (Wildman–Crippen MR) is 105 cm³/mol. The number of nitrogens with one attached hydrogen (secondary N) is 2. The standard InChI is InChI=1S/C20H27N5O2/c1-13-14(2)23-18(20(27)21-3)24-19(13)25-9-8-17(11-25)22-10-15-4-6-16(12-26)7-5-15/h4-7,17,22,26H,8-12H2,1-3H3,(H,21,27)/t17-/m1/s1. The fraction of sp³-hybridized carbons (Fsp3) is 0.450. The fourth-order valence-corrected chi connectivity index (χ4v) is 3.28. The van der Waals surface area contributed by atoms with Gasteiger partial charge in [0.25, 0.3) is 5.91 Å². The second-order valence-electron chi connectivity index (χ2n) is 6.95. The Morgan fingerprint density at radius 1 is 1.22 bits per heavy atom. The van der Waals surface area contributed by atoms with Crippen molar-refractivity contribution in [3.8, 4) is 0 Å². The van der Waals surface area contributed by atoms with Gasteiger partial charge in [-0.15, -0.1) is 0 Å². The zero-order valence-corrected chi connectivity index (χ0v) is 16.1. The van der Waals surface area contributed by atoms with Crippen LogP contribution in [0.2, 0.25) is 0 Å². The molecule has 0 unspecified atom stereocenters. The molecule has 0 radical (unpaired) electrons. The van der Waals surface area contributed by atoms with Crippen LogP contribution in [-0.4, -0.2) is 47.2 Å². The zero-order chi connectivity index (χ0) is 19.4. The van der Waals surface area contributed by atoms with Crippen molar-refractivity contribution < 1.29 is 9.90 Å². The monoisotopic (exact) mass is 369 g/mol. The van der Waals surface area contributed by atoms with Gasteiger partial charge in [0.15, 0.2) is 0 Å². The summed E-state index contributed by atoms with van der Waals surface area (Å²) in [6.07, 6.45) is 1.02. The van der Waals surface area contributed by atoms with Crippen LogP contribution in [-0.2, 0) is 13.2 Å². The lowest BCUT2D eigenvalue weighted by Crippen LogP contribution is -2.33. The van der Waals surface area contributed by atoms with Crippen molar-refractivity contribution in [2.24, 2.45) is 0 Å². The summed E-state index contributed by atoms with van der Waals surface area (Å²) >= 11 is 0. The summed E-state index contributed by atoms with van der Waals surface area (Å²) in [6, 6.07) is 8.34. The number of hydrogen-bond acceptors (Lipinski definition) is 6. The highest BCUT2D eigenvalue weighted by atomic mass is 16.3. The third-order valence-electron chi connectivity index (χ3n) is 5.08. The minimum absolute atomic E-state index is 0.0705. The molecule has 0 saturated carbocycles. The number of aliphatic hydroxyl groups excluding tert-OH is 1. The van der Waals surface area contributed by atoms with Crippen LogP contribution in [0.3, 0.4) is 0 Å². The van der Waals surface area contributed by atoms with Crippen molar-refractivity contribution in [3.05, 3.63) is 52.5 Å². The van der Waals surface area contributed by atoms with Crippen molar-refractivity contribution in [3.63, 3.8) is 0 Å². The summed E-state index contributed by atoms with van der Waals surface area (Å²) in [7, 11) is 1.59. The quantitative estimate of drug-likeness (QED) is 0.711. The molecule has 3 N–H and O–H groups in total. The second-order valence-corrected chi connectivity index (χ2v) is 6.95. The number of anilines is 1. The molecule has 1 amide bonds. The van der Waals surface area contributed by atoms with E-state index >= 15 is 0 Å². The van der Waals surface area contributed by atoms with Gasteiger partial charge in [-0.25, -0.2) is 9.97 Å². The van der Waals surface area contributed by atoms with Crippen LogP contribution in [0.15, 0.2) is 24.3 Å². The first kappa shape index (κ1) is 19.3. The van der Waals surface area contributed by atoms with Crippen molar-refractivity contribution >= 4 is 11.7 Å². The molecule has 3 rings (SSSR count). The van der Waals surface area contributed by atoms with Gasteiger partial charge in [0.1, 0.15) is 5.82 Å². The van der Waals surface area contributed by atoms with Crippen LogP contribution in [0.25, 0.3) is 0 Å². The lowest BCUT2D eigenvalue weighted by Gasteiger charge is -2.21. The number of aryl methyl sites for hydroxylation is 1. The van der Waals surface area contributed by atoms with Gasteiger partial charge in [-0.3, -0.25) is 4.79 Å². The van der Waals surface area contributed by atoms with Crippen molar-refractivity contribution in [1.82, 2.24) is 20.6 Å². The molecule has 1 aliphatic rings. The Morgan fingerprint density at radius 2 is 1.93 bits per heavy atom. The van der Waals surface area contributed by atoms with Crippen LogP contribution in [0, 0.1) is 13.8 Å². The molecule has 1 fully saturated rings.